The molecule has 0 aliphatic rings. The molecule has 5 heteroatoms. The number of para-hydroxylation sites is 1. The molecule has 0 radical (unpaired) electrons. The van der Waals surface area contributed by atoms with Crippen molar-refractivity contribution in [2.45, 2.75) is 0 Å². The van der Waals surface area contributed by atoms with Crippen molar-refractivity contribution in [1.29, 1.82) is 0 Å². The highest BCUT2D eigenvalue weighted by atomic mass is 16.4. The molecule has 0 aliphatic carbocycles. The molecule has 0 bridgehead atoms. The maximum absolute atomic E-state index is 12.9. The number of benzene rings is 3. The van der Waals surface area contributed by atoms with Gasteiger partial charge in [-0.05, 0) is 29.8 Å². The van der Waals surface area contributed by atoms with Gasteiger partial charge in [0.1, 0.15) is 0 Å². The number of hydrogen-bond donors (Lipinski definition) is 1. The first-order chi connectivity index (χ1) is 12.8. The summed E-state index contributed by atoms with van der Waals surface area (Å²) in [6.45, 7) is 0. The van der Waals surface area contributed by atoms with Gasteiger partial charge in [0.2, 0.25) is 0 Å². The van der Waals surface area contributed by atoms with E-state index in [-0.39, 0.29) is 5.56 Å². The van der Waals surface area contributed by atoms with Gasteiger partial charge in [-0.2, -0.15) is 9.78 Å². The smallest absolute Gasteiger partial charge is 0.279 e. The van der Waals surface area contributed by atoms with E-state index in [1.165, 1.54) is 10.9 Å². The Hall–Kier alpha value is -3.73. The van der Waals surface area contributed by atoms with Crippen molar-refractivity contribution in [2.24, 2.45) is 5.16 Å². The molecule has 1 aromatic heterocycles. The van der Waals surface area contributed by atoms with Crippen LogP contribution in [0, 0.1) is 0 Å². The number of fused-ring (bicyclic) bond motifs is 1. The molecule has 5 nitrogen and oxygen atoms in total. The lowest BCUT2D eigenvalue weighted by molar-refractivity contribution is 0.322. The second-order valence-corrected chi connectivity index (χ2v) is 5.82. The van der Waals surface area contributed by atoms with Crippen molar-refractivity contribution in [2.75, 3.05) is 0 Å². The molecule has 0 amide bonds. The normalized spacial score (nSPS) is 11.2. The highest BCUT2D eigenvalue weighted by Gasteiger charge is 2.13. The summed E-state index contributed by atoms with van der Waals surface area (Å²) < 4.78 is 1.42. The molecule has 0 unspecified atom stereocenters. The number of aromatic nitrogens is 2. The number of hydrogen-bond acceptors (Lipinski definition) is 4. The van der Waals surface area contributed by atoms with Gasteiger partial charge >= 0.3 is 0 Å². The first-order valence-electron chi connectivity index (χ1n) is 8.13. The SMILES string of the molecule is O=c1c2ccccc2c(-c2cccc(C=NO)c2)nn1-c1ccccc1. The second-order valence-electron chi connectivity index (χ2n) is 5.82. The maximum atomic E-state index is 12.9. The van der Waals surface area contributed by atoms with E-state index < -0.39 is 0 Å². The van der Waals surface area contributed by atoms with Gasteiger partial charge in [-0.25, -0.2) is 0 Å². The lowest BCUT2D eigenvalue weighted by Crippen LogP contribution is -2.22. The Bertz CT molecular complexity index is 1160. The summed E-state index contributed by atoms with van der Waals surface area (Å²) in [4.78, 5) is 12.9. The Morgan fingerprint density at radius 2 is 1.62 bits per heavy atom. The van der Waals surface area contributed by atoms with E-state index >= 15 is 0 Å². The number of oxime groups is 1. The molecule has 0 aliphatic heterocycles. The van der Waals surface area contributed by atoms with Gasteiger partial charge in [0.25, 0.3) is 5.56 Å². The van der Waals surface area contributed by atoms with E-state index in [9.17, 15) is 4.79 Å². The van der Waals surface area contributed by atoms with Crippen LogP contribution in [0.1, 0.15) is 5.56 Å². The zero-order valence-corrected chi connectivity index (χ0v) is 13.8. The first kappa shape index (κ1) is 15.8. The standard InChI is InChI=1S/C21H15N3O2/c25-21-19-12-5-4-11-18(19)20(16-8-6-7-15(13-16)14-22-26)23-24(21)17-9-2-1-3-10-17/h1-14,26H. The molecular weight excluding hydrogens is 326 g/mol. The maximum Gasteiger partial charge on any atom is 0.279 e. The summed E-state index contributed by atoms with van der Waals surface area (Å²) in [5.74, 6) is 0. The Balaban J connectivity index is 2.05. The fourth-order valence-corrected chi connectivity index (χ4v) is 2.98. The van der Waals surface area contributed by atoms with E-state index in [1.54, 1.807) is 6.07 Å². The van der Waals surface area contributed by atoms with Crippen LogP contribution >= 0.6 is 0 Å². The molecule has 0 spiro atoms. The Labute approximate surface area is 149 Å². The van der Waals surface area contributed by atoms with Gasteiger partial charge in [-0.15, -0.1) is 0 Å². The molecule has 0 atom stereocenters. The molecule has 1 N–H and O–H groups in total. The van der Waals surface area contributed by atoms with E-state index in [0.717, 1.165) is 16.5 Å². The van der Waals surface area contributed by atoms with E-state index in [4.69, 9.17) is 5.21 Å². The van der Waals surface area contributed by atoms with E-state index in [2.05, 4.69) is 10.3 Å². The first-order valence-corrected chi connectivity index (χ1v) is 8.13. The van der Waals surface area contributed by atoms with E-state index in [1.807, 2.05) is 72.8 Å². The van der Waals surface area contributed by atoms with Gasteiger partial charge < -0.3 is 5.21 Å². The topological polar surface area (TPSA) is 67.5 Å². The second kappa shape index (κ2) is 6.64. The predicted molar refractivity (Wildman–Crippen MR) is 102 cm³/mol. The molecular formula is C21H15N3O2. The van der Waals surface area contributed by atoms with E-state index in [0.29, 0.717) is 16.8 Å². The molecule has 0 saturated carbocycles. The molecule has 126 valence electrons. The summed E-state index contributed by atoms with van der Waals surface area (Å²) in [6.07, 6.45) is 1.36. The summed E-state index contributed by atoms with van der Waals surface area (Å²) in [5.41, 5.74) is 2.81. The summed E-state index contributed by atoms with van der Waals surface area (Å²) in [6, 6.07) is 24.3. The average molecular weight is 341 g/mol. The lowest BCUT2D eigenvalue weighted by atomic mass is 10.0. The van der Waals surface area contributed by atoms with Crippen LogP contribution in [0.4, 0.5) is 0 Å². The van der Waals surface area contributed by atoms with Gasteiger partial charge in [0.05, 0.1) is 23.0 Å². The average Bonchev–Trinajstić information content (AvgIpc) is 2.70. The van der Waals surface area contributed by atoms with Crippen LogP contribution < -0.4 is 5.56 Å². The van der Waals surface area contributed by atoms with Crippen molar-refractivity contribution in [3.05, 3.63) is 94.8 Å². The quantitative estimate of drug-likeness (QED) is 0.349. The minimum Gasteiger partial charge on any atom is -0.411 e. The number of rotatable bonds is 3. The minimum absolute atomic E-state index is 0.163. The molecule has 0 saturated heterocycles. The van der Waals surface area contributed by atoms with Crippen LogP contribution in [-0.2, 0) is 0 Å². The van der Waals surface area contributed by atoms with Crippen LogP contribution in [0.2, 0.25) is 0 Å². The third kappa shape index (κ3) is 2.75. The highest BCUT2D eigenvalue weighted by molar-refractivity contribution is 5.95. The highest BCUT2D eigenvalue weighted by Crippen LogP contribution is 2.25. The minimum atomic E-state index is -0.163. The van der Waals surface area contributed by atoms with Crippen LogP contribution in [0.15, 0.2) is 88.8 Å². The molecule has 4 rings (SSSR count). The zero-order valence-electron chi connectivity index (χ0n) is 13.8. The van der Waals surface area contributed by atoms with Crippen molar-refractivity contribution in [3.63, 3.8) is 0 Å². The van der Waals surface area contributed by atoms with Gasteiger partial charge in [-0.1, -0.05) is 59.8 Å². The largest absolute Gasteiger partial charge is 0.411 e. The van der Waals surface area contributed by atoms with Crippen LogP contribution in [0.25, 0.3) is 27.7 Å². The molecule has 26 heavy (non-hydrogen) atoms. The monoisotopic (exact) mass is 341 g/mol. The fraction of sp³-hybridized carbons (Fsp3) is 0. The predicted octanol–water partition coefficient (Wildman–Crippen LogP) is 3.86. The summed E-state index contributed by atoms with van der Waals surface area (Å²) >= 11 is 0. The molecule has 0 fully saturated rings. The Morgan fingerprint density at radius 3 is 2.38 bits per heavy atom. The number of nitrogens with zero attached hydrogens (tertiary/aromatic N) is 3. The Kier molecular flexibility index (Phi) is 4.03. The fourth-order valence-electron chi connectivity index (χ4n) is 2.98. The molecule has 4 aromatic rings. The molecule has 3 aromatic carbocycles. The van der Waals surface area contributed by atoms with Crippen LogP contribution in [0.5, 0.6) is 0 Å². The summed E-state index contributed by atoms with van der Waals surface area (Å²) in [5, 5.41) is 17.9. The lowest BCUT2D eigenvalue weighted by Gasteiger charge is -2.11. The van der Waals surface area contributed by atoms with Crippen molar-refractivity contribution in [3.8, 4) is 16.9 Å². The van der Waals surface area contributed by atoms with Crippen molar-refractivity contribution >= 4 is 17.0 Å². The Morgan fingerprint density at radius 1 is 0.885 bits per heavy atom. The van der Waals surface area contributed by atoms with Crippen molar-refractivity contribution < 1.29 is 5.21 Å². The third-order valence-electron chi connectivity index (χ3n) is 4.17. The van der Waals surface area contributed by atoms with Crippen molar-refractivity contribution in [1.82, 2.24) is 9.78 Å². The third-order valence-corrected chi connectivity index (χ3v) is 4.17. The van der Waals surface area contributed by atoms with Gasteiger partial charge in [0.15, 0.2) is 0 Å². The van der Waals surface area contributed by atoms with Gasteiger partial charge in [0, 0.05) is 10.9 Å². The molecule has 1 heterocycles. The summed E-state index contributed by atoms with van der Waals surface area (Å²) in [7, 11) is 0. The zero-order chi connectivity index (χ0) is 17.9. The van der Waals surface area contributed by atoms with Crippen LogP contribution in [-0.4, -0.2) is 21.2 Å². The van der Waals surface area contributed by atoms with Crippen LogP contribution in [0.3, 0.4) is 0 Å². The van der Waals surface area contributed by atoms with Gasteiger partial charge in [-0.3, -0.25) is 4.79 Å².